The van der Waals surface area contributed by atoms with Gasteiger partial charge in [0.15, 0.2) is 0 Å². The van der Waals surface area contributed by atoms with Gasteiger partial charge in [-0.1, -0.05) is 6.07 Å². The summed E-state index contributed by atoms with van der Waals surface area (Å²) in [6.07, 6.45) is 5.95. The zero-order valence-corrected chi connectivity index (χ0v) is 12.1. The summed E-state index contributed by atoms with van der Waals surface area (Å²) in [5, 5.41) is 9.86. The lowest BCUT2D eigenvalue weighted by atomic mass is 10.1. The molecule has 0 radical (unpaired) electrons. The van der Waals surface area contributed by atoms with Crippen LogP contribution in [-0.4, -0.2) is 34.2 Å². The van der Waals surface area contributed by atoms with Crippen molar-refractivity contribution >= 4 is 10.9 Å². The molecule has 1 aromatic heterocycles. The number of pyridine rings is 1. The molecule has 3 rings (SSSR count). The number of fused-ring (bicyclic) bond motifs is 1. The van der Waals surface area contributed by atoms with E-state index in [4.69, 9.17) is 5.11 Å². The number of hydrogen-bond acceptors (Lipinski definition) is 3. The molecule has 1 N–H and O–H groups in total. The minimum absolute atomic E-state index is 0.198. The molecule has 0 bridgehead atoms. The fourth-order valence-electron chi connectivity index (χ4n) is 3.32. The van der Waals surface area contributed by atoms with Crippen LogP contribution in [0.25, 0.3) is 10.9 Å². The fourth-order valence-corrected chi connectivity index (χ4v) is 3.32. The summed E-state index contributed by atoms with van der Waals surface area (Å²) in [5.41, 5.74) is 1.85. The van der Waals surface area contributed by atoms with Gasteiger partial charge in [0.1, 0.15) is 5.82 Å². The Morgan fingerprint density at radius 2 is 2.29 bits per heavy atom. The van der Waals surface area contributed by atoms with Gasteiger partial charge >= 0.3 is 0 Å². The number of rotatable bonds is 5. The second-order valence-electron chi connectivity index (χ2n) is 5.77. The number of halogens is 1. The maximum atomic E-state index is 13.8. The predicted octanol–water partition coefficient (Wildman–Crippen LogP) is 3.11. The first kappa shape index (κ1) is 14.4. The van der Waals surface area contributed by atoms with E-state index in [0.717, 1.165) is 42.4 Å². The van der Waals surface area contributed by atoms with Crippen molar-refractivity contribution in [2.45, 2.75) is 38.3 Å². The molecule has 1 saturated heterocycles. The van der Waals surface area contributed by atoms with Gasteiger partial charge in [-0.3, -0.25) is 9.88 Å². The largest absolute Gasteiger partial charge is 0.396 e. The van der Waals surface area contributed by atoms with E-state index in [1.165, 1.54) is 12.8 Å². The average Bonchev–Trinajstić information content (AvgIpc) is 2.92. The van der Waals surface area contributed by atoms with Crippen molar-refractivity contribution in [2.24, 2.45) is 0 Å². The summed E-state index contributed by atoms with van der Waals surface area (Å²) >= 11 is 0. The lowest BCUT2D eigenvalue weighted by molar-refractivity contribution is 0.210. The molecule has 1 aliphatic heterocycles. The predicted molar refractivity (Wildman–Crippen MR) is 81.5 cm³/mol. The molecule has 1 aliphatic rings. The molecule has 112 valence electrons. The summed E-state index contributed by atoms with van der Waals surface area (Å²) < 4.78 is 13.8. The number of hydrogen-bond donors (Lipinski definition) is 1. The standard InChI is InChI=1S/C17H21FN2O/c18-15-10-13-4-1-7-19-17(13)14(11-15)12-20-8-2-5-16(20)6-3-9-21/h1,4,7,10-11,16,21H,2-3,5-6,8-9,12H2. The molecule has 3 nitrogen and oxygen atoms in total. The lowest BCUT2D eigenvalue weighted by Crippen LogP contribution is -2.29. The third-order valence-corrected chi connectivity index (χ3v) is 4.32. The van der Waals surface area contributed by atoms with Crippen LogP contribution >= 0.6 is 0 Å². The summed E-state index contributed by atoms with van der Waals surface area (Å²) in [4.78, 5) is 6.82. The molecular formula is C17H21FN2O. The molecule has 2 heterocycles. The number of aliphatic hydroxyl groups excluding tert-OH is 1. The summed E-state index contributed by atoms with van der Waals surface area (Å²) in [7, 11) is 0. The van der Waals surface area contributed by atoms with E-state index in [9.17, 15) is 4.39 Å². The van der Waals surface area contributed by atoms with Crippen LogP contribution in [0.5, 0.6) is 0 Å². The monoisotopic (exact) mass is 288 g/mol. The smallest absolute Gasteiger partial charge is 0.124 e. The van der Waals surface area contributed by atoms with Crippen molar-refractivity contribution in [1.82, 2.24) is 9.88 Å². The SMILES string of the molecule is OCCCC1CCCN1Cc1cc(F)cc2cccnc12. The Morgan fingerprint density at radius 1 is 1.38 bits per heavy atom. The average molecular weight is 288 g/mol. The van der Waals surface area contributed by atoms with Gasteiger partial charge in [0, 0.05) is 30.8 Å². The number of aliphatic hydroxyl groups is 1. The van der Waals surface area contributed by atoms with Crippen molar-refractivity contribution in [1.29, 1.82) is 0 Å². The maximum Gasteiger partial charge on any atom is 0.124 e. The van der Waals surface area contributed by atoms with Gasteiger partial charge < -0.3 is 5.11 Å². The van der Waals surface area contributed by atoms with Crippen LogP contribution in [0.4, 0.5) is 4.39 Å². The first-order valence-electron chi connectivity index (χ1n) is 7.66. The molecule has 21 heavy (non-hydrogen) atoms. The fraction of sp³-hybridized carbons (Fsp3) is 0.471. The third kappa shape index (κ3) is 3.22. The molecular weight excluding hydrogens is 267 g/mol. The molecule has 4 heteroatoms. The molecule has 0 aliphatic carbocycles. The molecule has 1 atom stereocenters. The molecule has 0 amide bonds. The van der Waals surface area contributed by atoms with Crippen LogP contribution in [0.1, 0.15) is 31.2 Å². The number of benzene rings is 1. The minimum Gasteiger partial charge on any atom is -0.396 e. The first-order chi connectivity index (χ1) is 10.3. The third-order valence-electron chi connectivity index (χ3n) is 4.32. The summed E-state index contributed by atoms with van der Waals surface area (Å²) in [5.74, 6) is -0.198. The van der Waals surface area contributed by atoms with Gasteiger partial charge in [-0.05, 0) is 56.0 Å². The minimum atomic E-state index is -0.198. The van der Waals surface area contributed by atoms with Crippen LogP contribution in [-0.2, 0) is 6.54 Å². The molecule has 1 unspecified atom stereocenters. The number of nitrogens with zero attached hydrogens (tertiary/aromatic N) is 2. The highest BCUT2D eigenvalue weighted by Crippen LogP contribution is 2.26. The quantitative estimate of drug-likeness (QED) is 0.918. The highest BCUT2D eigenvalue weighted by atomic mass is 19.1. The van der Waals surface area contributed by atoms with Gasteiger partial charge in [-0.15, -0.1) is 0 Å². The first-order valence-corrected chi connectivity index (χ1v) is 7.66. The second kappa shape index (κ2) is 6.50. The Labute approximate surface area is 124 Å². The Bertz CT molecular complexity index is 617. The van der Waals surface area contributed by atoms with Crippen LogP contribution in [0, 0.1) is 5.82 Å². The highest BCUT2D eigenvalue weighted by molar-refractivity contribution is 5.81. The van der Waals surface area contributed by atoms with E-state index in [2.05, 4.69) is 9.88 Å². The van der Waals surface area contributed by atoms with Gasteiger partial charge in [-0.2, -0.15) is 0 Å². The van der Waals surface area contributed by atoms with E-state index >= 15 is 0 Å². The maximum absolute atomic E-state index is 13.8. The molecule has 0 spiro atoms. The van der Waals surface area contributed by atoms with E-state index in [-0.39, 0.29) is 12.4 Å². The summed E-state index contributed by atoms with van der Waals surface area (Å²) in [6, 6.07) is 7.39. The van der Waals surface area contributed by atoms with Crippen molar-refractivity contribution < 1.29 is 9.50 Å². The zero-order chi connectivity index (χ0) is 14.7. The van der Waals surface area contributed by atoms with E-state index < -0.39 is 0 Å². The lowest BCUT2D eigenvalue weighted by Gasteiger charge is -2.24. The second-order valence-corrected chi connectivity index (χ2v) is 5.77. The van der Waals surface area contributed by atoms with Crippen molar-refractivity contribution in [3.05, 3.63) is 41.8 Å². The normalized spacial score (nSPS) is 19.4. The Hall–Kier alpha value is -1.52. The van der Waals surface area contributed by atoms with Crippen LogP contribution in [0.3, 0.4) is 0 Å². The van der Waals surface area contributed by atoms with Crippen LogP contribution < -0.4 is 0 Å². The Morgan fingerprint density at radius 3 is 3.14 bits per heavy atom. The van der Waals surface area contributed by atoms with Crippen molar-refractivity contribution in [3.63, 3.8) is 0 Å². The summed E-state index contributed by atoms with van der Waals surface area (Å²) in [6.45, 7) is 2.02. The number of likely N-dealkylation sites (tertiary alicyclic amines) is 1. The highest BCUT2D eigenvalue weighted by Gasteiger charge is 2.24. The molecule has 1 aromatic carbocycles. The van der Waals surface area contributed by atoms with E-state index in [1.807, 2.05) is 12.1 Å². The molecule has 1 fully saturated rings. The molecule has 2 aromatic rings. The van der Waals surface area contributed by atoms with Gasteiger partial charge in [0.25, 0.3) is 0 Å². The van der Waals surface area contributed by atoms with Crippen LogP contribution in [0.2, 0.25) is 0 Å². The Kier molecular flexibility index (Phi) is 4.46. The Balaban J connectivity index is 1.84. The van der Waals surface area contributed by atoms with E-state index in [1.54, 1.807) is 18.3 Å². The van der Waals surface area contributed by atoms with Crippen LogP contribution in [0.15, 0.2) is 30.5 Å². The number of aromatic nitrogens is 1. The van der Waals surface area contributed by atoms with Crippen molar-refractivity contribution in [3.8, 4) is 0 Å². The van der Waals surface area contributed by atoms with E-state index in [0.29, 0.717) is 6.04 Å². The zero-order valence-electron chi connectivity index (χ0n) is 12.1. The van der Waals surface area contributed by atoms with Gasteiger partial charge in [0.2, 0.25) is 0 Å². The van der Waals surface area contributed by atoms with Crippen molar-refractivity contribution in [2.75, 3.05) is 13.2 Å². The van der Waals surface area contributed by atoms with Gasteiger partial charge in [-0.25, -0.2) is 4.39 Å². The molecule has 0 saturated carbocycles. The topological polar surface area (TPSA) is 36.4 Å². The van der Waals surface area contributed by atoms with Gasteiger partial charge in [0.05, 0.1) is 5.52 Å².